The minimum absolute atomic E-state index is 0.457. The van der Waals surface area contributed by atoms with Gasteiger partial charge in [0.1, 0.15) is 18.1 Å². The van der Waals surface area contributed by atoms with Crippen LogP contribution in [0.4, 0.5) is 0 Å². The van der Waals surface area contributed by atoms with Gasteiger partial charge >= 0.3 is 0 Å². The maximum Gasteiger partial charge on any atom is 0.191 e. The minimum atomic E-state index is 0.457. The molecule has 2 aromatic rings. The minimum Gasteiger partial charge on any atom is -0.497 e. The molecule has 6 heteroatoms. The maximum atomic E-state index is 5.69. The first-order valence-corrected chi connectivity index (χ1v) is 8.85. The lowest BCUT2D eigenvalue weighted by molar-refractivity contribution is 0.321. The van der Waals surface area contributed by atoms with Crippen molar-refractivity contribution in [2.45, 2.75) is 12.8 Å². The third-order valence-electron chi connectivity index (χ3n) is 3.55. The van der Waals surface area contributed by atoms with Gasteiger partial charge in [-0.1, -0.05) is 13.0 Å². The molecule has 2 N–H and O–H groups in total. The zero-order valence-corrected chi connectivity index (χ0v) is 15.2. The van der Waals surface area contributed by atoms with Crippen LogP contribution in [0.3, 0.4) is 0 Å². The maximum absolute atomic E-state index is 5.69. The molecule has 130 valence electrons. The molecule has 0 fully saturated rings. The van der Waals surface area contributed by atoms with Gasteiger partial charge in [0, 0.05) is 24.4 Å². The highest BCUT2D eigenvalue weighted by Crippen LogP contribution is 2.19. The summed E-state index contributed by atoms with van der Waals surface area (Å²) in [6, 6.07) is 11.8. The molecule has 0 aliphatic carbocycles. The van der Waals surface area contributed by atoms with E-state index < -0.39 is 0 Å². The molecule has 0 bridgehead atoms. The molecule has 1 aromatic carbocycles. The molecule has 0 spiro atoms. The van der Waals surface area contributed by atoms with Gasteiger partial charge in [0.25, 0.3) is 0 Å². The highest BCUT2D eigenvalue weighted by Gasteiger charge is 2.07. The third kappa shape index (κ3) is 5.77. The first-order valence-electron chi connectivity index (χ1n) is 7.97. The van der Waals surface area contributed by atoms with Crippen molar-refractivity contribution in [3.63, 3.8) is 0 Å². The Kier molecular flexibility index (Phi) is 7.42. The largest absolute Gasteiger partial charge is 0.497 e. The molecule has 1 unspecified atom stereocenters. The van der Waals surface area contributed by atoms with Gasteiger partial charge in [-0.05, 0) is 35.7 Å². The lowest BCUT2D eigenvalue weighted by atomic mass is 10.1. The van der Waals surface area contributed by atoms with Gasteiger partial charge in [0.15, 0.2) is 5.96 Å². The quantitative estimate of drug-likeness (QED) is 0.438. The van der Waals surface area contributed by atoms with Crippen molar-refractivity contribution in [2.75, 3.05) is 33.9 Å². The fraction of sp³-hybridized carbons (Fsp3) is 0.389. The molecule has 0 amide bonds. The Labute approximate surface area is 147 Å². The molecule has 1 heterocycles. The smallest absolute Gasteiger partial charge is 0.191 e. The van der Waals surface area contributed by atoms with Crippen LogP contribution in [0.1, 0.15) is 17.7 Å². The molecule has 0 radical (unpaired) electrons. The van der Waals surface area contributed by atoms with Crippen LogP contribution in [0, 0.1) is 0 Å². The van der Waals surface area contributed by atoms with Gasteiger partial charge in [0.2, 0.25) is 0 Å². The predicted molar refractivity (Wildman–Crippen MR) is 101 cm³/mol. The molecule has 1 atom stereocenters. The Morgan fingerprint density at radius 2 is 1.92 bits per heavy atom. The number of aliphatic imine (C=N–C) groups is 1. The summed E-state index contributed by atoms with van der Waals surface area (Å²) < 4.78 is 10.8. The molecule has 0 aliphatic rings. The first kappa shape index (κ1) is 18.1. The Balaban J connectivity index is 1.66. The summed E-state index contributed by atoms with van der Waals surface area (Å²) in [6.07, 6.45) is 0. The van der Waals surface area contributed by atoms with E-state index in [0.717, 1.165) is 24.0 Å². The Bertz CT molecular complexity index is 612. The molecule has 2 rings (SSSR count). The fourth-order valence-electron chi connectivity index (χ4n) is 2.15. The second-order valence-electron chi connectivity index (χ2n) is 5.32. The second kappa shape index (κ2) is 9.82. The fourth-order valence-corrected chi connectivity index (χ4v) is 2.94. The molecule has 1 aromatic heterocycles. The van der Waals surface area contributed by atoms with Crippen LogP contribution >= 0.6 is 11.3 Å². The second-order valence-corrected chi connectivity index (χ2v) is 6.30. The summed E-state index contributed by atoms with van der Waals surface area (Å²) in [4.78, 5) is 5.61. The van der Waals surface area contributed by atoms with Crippen LogP contribution in [0.25, 0.3) is 0 Å². The number of benzene rings is 1. The normalized spacial score (nSPS) is 12.5. The van der Waals surface area contributed by atoms with E-state index in [1.54, 1.807) is 25.5 Å². The topological polar surface area (TPSA) is 54.9 Å². The Morgan fingerprint density at radius 3 is 2.54 bits per heavy atom. The van der Waals surface area contributed by atoms with Crippen LogP contribution in [-0.4, -0.2) is 39.8 Å². The van der Waals surface area contributed by atoms with Crippen LogP contribution in [0.5, 0.6) is 11.5 Å². The van der Waals surface area contributed by atoms with Crippen molar-refractivity contribution in [1.29, 1.82) is 0 Å². The zero-order chi connectivity index (χ0) is 17.2. The number of hydrogen-bond acceptors (Lipinski definition) is 4. The molecule has 0 saturated carbocycles. The number of guanidine groups is 1. The Morgan fingerprint density at radius 1 is 1.17 bits per heavy atom. The highest BCUT2D eigenvalue weighted by molar-refractivity contribution is 7.10. The van der Waals surface area contributed by atoms with Crippen LogP contribution in [0.15, 0.2) is 46.8 Å². The molecule has 24 heavy (non-hydrogen) atoms. The molecule has 0 aliphatic heterocycles. The molecular formula is C18H25N3O2S. The summed E-state index contributed by atoms with van der Waals surface area (Å²) in [6.45, 7) is 4.30. The summed E-state index contributed by atoms with van der Waals surface area (Å²) in [5.74, 6) is 2.90. The van der Waals surface area contributed by atoms with Gasteiger partial charge < -0.3 is 20.1 Å². The van der Waals surface area contributed by atoms with Gasteiger partial charge in [-0.2, -0.15) is 0 Å². The van der Waals surface area contributed by atoms with Crippen LogP contribution < -0.4 is 20.1 Å². The lowest BCUT2D eigenvalue weighted by Crippen LogP contribution is -2.40. The van der Waals surface area contributed by atoms with E-state index in [-0.39, 0.29) is 0 Å². The van der Waals surface area contributed by atoms with Crippen molar-refractivity contribution in [1.82, 2.24) is 10.6 Å². The average Bonchev–Trinajstić information content (AvgIpc) is 3.16. The van der Waals surface area contributed by atoms with E-state index in [9.17, 15) is 0 Å². The van der Waals surface area contributed by atoms with Crippen molar-refractivity contribution >= 4 is 17.3 Å². The zero-order valence-electron chi connectivity index (χ0n) is 14.4. The van der Waals surface area contributed by atoms with E-state index in [0.29, 0.717) is 19.1 Å². The van der Waals surface area contributed by atoms with E-state index in [2.05, 4.69) is 40.1 Å². The number of thiophene rings is 1. The lowest BCUT2D eigenvalue weighted by Gasteiger charge is -2.15. The highest BCUT2D eigenvalue weighted by atomic mass is 32.1. The van der Waals surface area contributed by atoms with Gasteiger partial charge in [-0.15, -0.1) is 11.3 Å². The monoisotopic (exact) mass is 347 g/mol. The standard InChI is InChI=1S/C18H25N3O2S/c1-14(17-5-4-12-24-17)13-21-18(19-2)20-10-11-23-16-8-6-15(22-3)7-9-16/h4-9,12,14H,10-11,13H2,1-3H3,(H2,19,20,21). The van der Waals surface area contributed by atoms with E-state index in [4.69, 9.17) is 9.47 Å². The summed E-state index contributed by atoms with van der Waals surface area (Å²) >= 11 is 1.78. The molecular weight excluding hydrogens is 322 g/mol. The number of ether oxygens (including phenoxy) is 2. The van der Waals surface area contributed by atoms with Crippen molar-refractivity contribution in [2.24, 2.45) is 4.99 Å². The number of nitrogens with zero attached hydrogens (tertiary/aromatic N) is 1. The summed E-state index contributed by atoms with van der Waals surface area (Å²) in [5.41, 5.74) is 0. The number of nitrogens with one attached hydrogen (secondary N) is 2. The van der Waals surface area contributed by atoms with Crippen molar-refractivity contribution < 1.29 is 9.47 Å². The first-order chi connectivity index (χ1) is 11.7. The van der Waals surface area contributed by atoms with Crippen LogP contribution in [-0.2, 0) is 0 Å². The SMILES string of the molecule is CN=C(NCCOc1ccc(OC)cc1)NCC(C)c1cccs1. The van der Waals surface area contributed by atoms with E-state index in [1.165, 1.54) is 4.88 Å². The number of methoxy groups -OCH3 is 1. The van der Waals surface area contributed by atoms with Crippen molar-refractivity contribution in [3.05, 3.63) is 46.7 Å². The van der Waals surface area contributed by atoms with Gasteiger partial charge in [-0.3, -0.25) is 4.99 Å². The van der Waals surface area contributed by atoms with Crippen LogP contribution in [0.2, 0.25) is 0 Å². The third-order valence-corrected chi connectivity index (χ3v) is 4.65. The number of rotatable bonds is 8. The molecule has 5 nitrogen and oxygen atoms in total. The van der Waals surface area contributed by atoms with Crippen molar-refractivity contribution in [3.8, 4) is 11.5 Å². The Hall–Kier alpha value is -2.21. The van der Waals surface area contributed by atoms with E-state index in [1.807, 2.05) is 24.3 Å². The van der Waals surface area contributed by atoms with Gasteiger partial charge in [-0.25, -0.2) is 0 Å². The van der Waals surface area contributed by atoms with E-state index >= 15 is 0 Å². The predicted octanol–water partition coefficient (Wildman–Crippen LogP) is 3.10. The summed E-state index contributed by atoms with van der Waals surface area (Å²) in [5, 5.41) is 8.71. The average molecular weight is 347 g/mol. The summed E-state index contributed by atoms with van der Waals surface area (Å²) in [7, 11) is 3.42. The number of hydrogen-bond donors (Lipinski definition) is 2. The molecule has 0 saturated heterocycles. The van der Waals surface area contributed by atoms with Gasteiger partial charge in [0.05, 0.1) is 13.7 Å².